The Morgan fingerprint density at radius 3 is 2.58 bits per heavy atom. The quantitative estimate of drug-likeness (QED) is 0.614. The number of ether oxygens (including phenoxy) is 1. The first-order chi connectivity index (χ1) is 12.6. The number of Topliss-reactive ketones (excluding diaryl/α,β-unsaturated/α-hetero) is 1. The van der Waals surface area contributed by atoms with Gasteiger partial charge in [-0.1, -0.05) is 0 Å². The summed E-state index contributed by atoms with van der Waals surface area (Å²) < 4.78 is 18.6. The number of benzene rings is 1. The standard InChI is InChI=1S/C21H22FNO3/c1-2-26-21(25)20(24)15-9-12-7-14(8-13(12)10-15)17-5-6-23-19-4-3-16(22)11-18(17)19/h3-6,11-15H,2,7-10H2,1H3/t12-,13+,14-,15+. The van der Waals surface area contributed by atoms with E-state index in [0.29, 0.717) is 17.8 Å². The zero-order valence-electron chi connectivity index (χ0n) is 14.8. The number of esters is 1. The van der Waals surface area contributed by atoms with Gasteiger partial charge in [-0.2, -0.15) is 0 Å². The van der Waals surface area contributed by atoms with Gasteiger partial charge in [-0.15, -0.1) is 0 Å². The van der Waals surface area contributed by atoms with E-state index < -0.39 is 5.97 Å². The fourth-order valence-corrected chi connectivity index (χ4v) is 4.95. The number of hydrogen-bond donors (Lipinski definition) is 0. The molecule has 1 heterocycles. The van der Waals surface area contributed by atoms with E-state index in [1.165, 1.54) is 6.07 Å². The monoisotopic (exact) mass is 355 g/mol. The number of halogens is 1. The summed E-state index contributed by atoms with van der Waals surface area (Å²) in [5.41, 5.74) is 1.97. The fraction of sp³-hybridized carbons (Fsp3) is 0.476. The molecule has 4 atom stereocenters. The molecule has 5 heteroatoms. The number of fused-ring (bicyclic) bond motifs is 2. The predicted octanol–water partition coefficient (Wildman–Crippen LogP) is 4.03. The Morgan fingerprint density at radius 2 is 1.88 bits per heavy atom. The van der Waals surface area contributed by atoms with Gasteiger partial charge in [0, 0.05) is 17.5 Å². The maximum absolute atomic E-state index is 13.7. The van der Waals surface area contributed by atoms with E-state index in [1.54, 1.807) is 25.3 Å². The highest BCUT2D eigenvalue weighted by Gasteiger charge is 2.45. The third-order valence-electron chi connectivity index (χ3n) is 6.04. The van der Waals surface area contributed by atoms with Gasteiger partial charge in [-0.3, -0.25) is 9.78 Å². The molecule has 2 aliphatic carbocycles. The molecule has 0 amide bonds. The Labute approximate surface area is 151 Å². The van der Waals surface area contributed by atoms with Crippen LogP contribution in [0.4, 0.5) is 4.39 Å². The second-order valence-corrected chi connectivity index (χ2v) is 7.50. The molecule has 0 unspecified atom stereocenters. The van der Waals surface area contributed by atoms with E-state index in [1.807, 2.05) is 6.07 Å². The van der Waals surface area contributed by atoms with Crippen LogP contribution in [0, 0.1) is 23.6 Å². The minimum Gasteiger partial charge on any atom is -0.460 e. The Bertz CT molecular complexity index is 851. The van der Waals surface area contributed by atoms with Gasteiger partial charge in [0.15, 0.2) is 0 Å². The highest BCUT2D eigenvalue weighted by atomic mass is 19.1. The Balaban J connectivity index is 1.50. The Kier molecular flexibility index (Phi) is 4.47. The number of ketones is 1. The lowest BCUT2D eigenvalue weighted by atomic mass is 9.89. The summed E-state index contributed by atoms with van der Waals surface area (Å²) in [5, 5.41) is 0.886. The van der Waals surface area contributed by atoms with Crippen LogP contribution >= 0.6 is 0 Å². The normalized spacial score (nSPS) is 27.5. The topological polar surface area (TPSA) is 56.3 Å². The predicted molar refractivity (Wildman–Crippen MR) is 95.0 cm³/mol. The Hall–Kier alpha value is -2.30. The molecule has 26 heavy (non-hydrogen) atoms. The lowest BCUT2D eigenvalue weighted by Crippen LogP contribution is -2.24. The number of hydrogen-bond acceptors (Lipinski definition) is 4. The number of carbonyl (C=O) groups excluding carboxylic acids is 2. The van der Waals surface area contributed by atoms with Crippen LogP contribution in [0.15, 0.2) is 30.5 Å². The maximum atomic E-state index is 13.7. The molecule has 2 saturated carbocycles. The number of nitrogens with zero attached hydrogens (tertiary/aromatic N) is 1. The van der Waals surface area contributed by atoms with Gasteiger partial charge in [-0.25, -0.2) is 9.18 Å². The van der Waals surface area contributed by atoms with E-state index in [4.69, 9.17) is 4.74 Å². The minimum absolute atomic E-state index is 0.198. The molecular formula is C21H22FNO3. The van der Waals surface area contributed by atoms with Crippen molar-refractivity contribution in [2.45, 2.75) is 38.5 Å². The number of pyridine rings is 1. The molecule has 1 aromatic carbocycles. The first kappa shape index (κ1) is 17.1. The van der Waals surface area contributed by atoms with Crippen LogP contribution in [-0.4, -0.2) is 23.3 Å². The van der Waals surface area contributed by atoms with Gasteiger partial charge in [0.05, 0.1) is 12.1 Å². The van der Waals surface area contributed by atoms with Crippen molar-refractivity contribution in [3.05, 3.63) is 41.8 Å². The van der Waals surface area contributed by atoms with Crippen molar-refractivity contribution in [1.29, 1.82) is 0 Å². The summed E-state index contributed by atoms with van der Waals surface area (Å²) in [5.74, 6) is -0.253. The molecular weight excluding hydrogens is 333 g/mol. The average Bonchev–Trinajstić information content (AvgIpc) is 3.19. The third kappa shape index (κ3) is 3.00. The largest absolute Gasteiger partial charge is 0.460 e. The number of rotatable bonds is 4. The van der Waals surface area contributed by atoms with Crippen molar-refractivity contribution in [3.63, 3.8) is 0 Å². The van der Waals surface area contributed by atoms with Gasteiger partial charge in [-0.05, 0) is 80.2 Å². The average molecular weight is 355 g/mol. The lowest BCUT2D eigenvalue weighted by Gasteiger charge is -2.16. The van der Waals surface area contributed by atoms with Crippen molar-refractivity contribution in [2.75, 3.05) is 6.61 Å². The van der Waals surface area contributed by atoms with E-state index in [0.717, 1.165) is 42.1 Å². The fourth-order valence-electron chi connectivity index (χ4n) is 4.95. The second kappa shape index (κ2) is 6.78. The Morgan fingerprint density at radius 1 is 1.15 bits per heavy atom. The van der Waals surface area contributed by atoms with Crippen LogP contribution in [0.2, 0.25) is 0 Å². The van der Waals surface area contributed by atoms with E-state index in [-0.39, 0.29) is 24.1 Å². The molecule has 0 N–H and O–H groups in total. The minimum atomic E-state index is -0.690. The van der Waals surface area contributed by atoms with Crippen LogP contribution in [-0.2, 0) is 14.3 Å². The van der Waals surface area contributed by atoms with Crippen LogP contribution in [0.25, 0.3) is 10.9 Å². The molecule has 4 rings (SSSR count). The highest BCUT2D eigenvalue weighted by molar-refractivity contribution is 6.34. The van der Waals surface area contributed by atoms with E-state index in [2.05, 4.69) is 4.98 Å². The smallest absolute Gasteiger partial charge is 0.374 e. The molecule has 136 valence electrons. The molecule has 0 saturated heterocycles. The molecule has 2 fully saturated rings. The summed E-state index contributed by atoms with van der Waals surface area (Å²) in [6.07, 6.45) is 5.27. The van der Waals surface area contributed by atoms with Gasteiger partial charge in [0.2, 0.25) is 5.78 Å². The molecule has 0 radical (unpaired) electrons. The summed E-state index contributed by atoms with van der Waals surface area (Å²) in [7, 11) is 0. The molecule has 1 aromatic heterocycles. The van der Waals surface area contributed by atoms with Gasteiger partial charge in [0.1, 0.15) is 5.82 Å². The van der Waals surface area contributed by atoms with Crippen LogP contribution in [0.5, 0.6) is 0 Å². The maximum Gasteiger partial charge on any atom is 0.374 e. The second-order valence-electron chi connectivity index (χ2n) is 7.50. The summed E-state index contributed by atoms with van der Waals surface area (Å²) in [6.45, 7) is 1.94. The third-order valence-corrected chi connectivity index (χ3v) is 6.04. The first-order valence-corrected chi connectivity index (χ1v) is 9.32. The van der Waals surface area contributed by atoms with Crippen molar-refractivity contribution in [2.24, 2.45) is 17.8 Å². The van der Waals surface area contributed by atoms with Gasteiger partial charge < -0.3 is 4.74 Å². The van der Waals surface area contributed by atoms with Crippen molar-refractivity contribution in [3.8, 4) is 0 Å². The van der Waals surface area contributed by atoms with Crippen molar-refractivity contribution < 1.29 is 18.7 Å². The summed E-state index contributed by atoms with van der Waals surface area (Å²) in [6, 6.07) is 6.72. The van der Waals surface area contributed by atoms with Gasteiger partial charge in [0.25, 0.3) is 0 Å². The van der Waals surface area contributed by atoms with Crippen LogP contribution in [0.1, 0.15) is 44.1 Å². The zero-order chi connectivity index (χ0) is 18.3. The van der Waals surface area contributed by atoms with E-state index in [9.17, 15) is 14.0 Å². The van der Waals surface area contributed by atoms with Crippen molar-refractivity contribution >= 4 is 22.7 Å². The number of carbonyl (C=O) groups is 2. The highest BCUT2D eigenvalue weighted by Crippen LogP contribution is 2.53. The number of aromatic nitrogens is 1. The first-order valence-electron chi connectivity index (χ1n) is 9.32. The van der Waals surface area contributed by atoms with E-state index >= 15 is 0 Å². The summed E-state index contributed by atoms with van der Waals surface area (Å²) in [4.78, 5) is 28.2. The molecule has 4 nitrogen and oxygen atoms in total. The van der Waals surface area contributed by atoms with Crippen molar-refractivity contribution in [1.82, 2.24) is 4.98 Å². The molecule has 0 spiro atoms. The van der Waals surface area contributed by atoms with Crippen LogP contribution in [0.3, 0.4) is 0 Å². The SMILES string of the molecule is CCOC(=O)C(=O)[C@@H]1C[C@@H]2C[C@H](c3ccnc4ccc(F)cc34)C[C@@H]2C1. The molecule has 0 aliphatic heterocycles. The lowest BCUT2D eigenvalue weighted by molar-refractivity contribution is -0.155. The molecule has 2 aromatic rings. The molecule has 2 aliphatic rings. The van der Waals surface area contributed by atoms with Gasteiger partial charge >= 0.3 is 5.97 Å². The zero-order valence-corrected chi connectivity index (χ0v) is 14.8. The molecule has 0 bridgehead atoms. The van der Waals surface area contributed by atoms with Crippen LogP contribution < -0.4 is 0 Å². The summed E-state index contributed by atoms with van der Waals surface area (Å²) >= 11 is 0.